The SMILES string of the molecule is C[C@H](c1ccccc1)N1C(=O)[C@@H]2[C@H](CCC(N)=O)N[C@]3(C(=O)Nc4ccccc43)[C@@H]2C1=O. The number of nitrogens with one attached hydrogen (secondary N) is 2. The maximum Gasteiger partial charge on any atom is 0.250 e. The van der Waals surface area contributed by atoms with Crippen molar-refractivity contribution in [2.45, 2.75) is 37.4 Å². The molecule has 2 aromatic carbocycles. The van der Waals surface area contributed by atoms with Crippen LogP contribution >= 0.6 is 0 Å². The number of benzene rings is 2. The minimum Gasteiger partial charge on any atom is -0.370 e. The lowest BCUT2D eigenvalue weighted by molar-refractivity contribution is -0.145. The fourth-order valence-electron chi connectivity index (χ4n) is 5.59. The molecule has 0 radical (unpaired) electrons. The van der Waals surface area contributed by atoms with Crippen molar-refractivity contribution in [1.82, 2.24) is 10.2 Å². The van der Waals surface area contributed by atoms with Gasteiger partial charge in [-0.05, 0) is 25.0 Å². The predicted octanol–water partition coefficient (Wildman–Crippen LogP) is 1.43. The zero-order valence-electron chi connectivity index (χ0n) is 17.6. The number of carbonyl (C=O) groups is 4. The Hall–Kier alpha value is -3.52. The van der Waals surface area contributed by atoms with E-state index in [9.17, 15) is 19.2 Å². The summed E-state index contributed by atoms with van der Waals surface area (Å²) in [7, 11) is 0. The number of hydrogen-bond donors (Lipinski definition) is 3. The second kappa shape index (κ2) is 7.27. The van der Waals surface area contributed by atoms with Crippen molar-refractivity contribution in [3.05, 3.63) is 65.7 Å². The van der Waals surface area contributed by atoms with E-state index in [4.69, 9.17) is 5.73 Å². The van der Waals surface area contributed by atoms with Crippen molar-refractivity contribution in [3.63, 3.8) is 0 Å². The maximum absolute atomic E-state index is 13.8. The number of para-hydroxylation sites is 1. The number of amides is 4. The van der Waals surface area contributed by atoms with Gasteiger partial charge >= 0.3 is 0 Å². The summed E-state index contributed by atoms with van der Waals surface area (Å²) >= 11 is 0. The number of fused-ring (bicyclic) bond motifs is 4. The summed E-state index contributed by atoms with van der Waals surface area (Å²) in [5, 5.41) is 6.17. The van der Waals surface area contributed by atoms with E-state index in [1.807, 2.05) is 37.3 Å². The number of nitrogens with two attached hydrogens (primary N) is 1. The third-order valence-corrected chi connectivity index (χ3v) is 7.03. The van der Waals surface area contributed by atoms with Crippen LogP contribution in [0, 0.1) is 11.8 Å². The molecule has 0 aliphatic carbocycles. The van der Waals surface area contributed by atoms with Gasteiger partial charge in [-0.3, -0.25) is 29.4 Å². The van der Waals surface area contributed by atoms with Crippen LogP contribution < -0.4 is 16.4 Å². The van der Waals surface area contributed by atoms with E-state index < -0.39 is 35.4 Å². The van der Waals surface area contributed by atoms with Gasteiger partial charge in [-0.15, -0.1) is 0 Å². The normalized spacial score (nSPS) is 29.2. The topological polar surface area (TPSA) is 122 Å². The Labute approximate surface area is 185 Å². The number of rotatable bonds is 5. The van der Waals surface area contributed by atoms with Gasteiger partial charge in [0.05, 0.1) is 17.9 Å². The average Bonchev–Trinajstić information content (AvgIpc) is 3.37. The number of nitrogens with zero attached hydrogens (tertiary/aromatic N) is 1. The first-order valence-electron chi connectivity index (χ1n) is 10.7. The molecule has 0 aromatic heterocycles. The molecule has 3 aliphatic rings. The molecule has 8 heteroatoms. The zero-order valence-corrected chi connectivity index (χ0v) is 17.6. The fourth-order valence-corrected chi connectivity index (χ4v) is 5.59. The molecule has 4 N–H and O–H groups in total. The monoisotopic (exact) mass is 432 g/mol. The Morgan fingerprint density at radius 1 is 1.06 bits per heavy atom. The van der Waals surface area contributed by atoms with Crippen LogP contribution in [-0.2, 0) is 24.7 Å². The molecule has 32 heavy (non-hydrogen) atoms. The molecule has 4 amide bonds. The number of primary amides is 1. The summed E-state index contributed by atoms with van der Waals surface area (Å²) in [6, 6.07) is 15.5. The van der Waals surface area contributed by atoms with E-state index in [0.29, 0.717) is 11.3 Å². The summed E-state index contributed by atoms with van der Waals surface area (Å²) in [6.45, 7) is 1.81. The lowest BCUT2D eigenvalue weighted by Crippen LogP contribution is -2.53. The van der Waals surface area contributed by atoms with Crippen LogP contribution in [0.3, 0.4) is 0 Å². The van der Waals surface area contributed by atoms with Gasteiger partial charge in [0.2, 0.25) is 23.6 Å². The fraction of sp³-hybridized carbons (Fsp3) is 0.333. The van der Waals surface area contributed by atoms with E-state index in [1.165, 1.54) is 4.90 Å². The summed E-state index contributed by atoms with van der Waals surface area (Å²) in [4.78, 5) is 53.6. The second-order valence-corrected chi connectivity index (χ2v) is 8.70. The van der Waals surface area contributed by atoms with Gasteiger partial charge < -0.3 is 11.1 Å². The van der Waals surface area contributed by atoms with Gasteiger partial charge in [0, 0.05) is 23.7 Å². The number of hydrogen-bond acceptors (Lipinski definition) is 5. The van der Waals surface area contributed by atoms with Crippen molar-refractivity contribution in [2.24, 2.45) is 17.6 Å². The lowest BCUT2D eigenvalue weighted by atomic mass is 9.76. The highest BCUT2D eigenvalue weighted by molar-refractivity contribution is 6.15. The molecule has 2 aromatic rings. The van der Waals surface area contributed by atoms with Crippen LogP contribution in [0.4, 0.5) is 5.69 Å². The Balaban J connectivity index is 1.61. The number of likely N-dealkylation sites (tertiary alicyclic amines) is 1. The van der Waals surface area contributed by atoms with Crippen molar-refractivity contribution < 1.29 is 19.2 Å². The molecule has 3 heterocycles. The van der Waals surface area contributed by atoms with Crippen molar-refractivity contribution >= 4 is 29.3 Å². The van der Waals surface area contributed by atoms with Gasteiger partial charge in [-0.25, -0.2) is 0 Å². The molecule has 1 spiro atoms. The van der Waals surface area contributed by atoms with E-state index in [1.54, 1.807) is 24.3 Å². The Bertz CT molecular complexity index is 1130. The Kier molecular flexibility index (Phi) is 4.63. The smallest absolute Gasteiger partial charge is 0.250 e. The highest BCUT2D eigenvalue weighted by Crippen LogP contribution is 2.54. The minimum atomic E-state index is -1.36. The molecule has 2 saturated heterocycles. The number of anilines is 1. The first kappa shape index (κ1) is 20.4. The van der Waals surface area contributed by atoms with Crippen LogP contribution in [0.15, 0.2) is 54.6 Å². The van der Waals surface area contributed by atoms with Crippen molar-refractivity contribution in [2.75, 3.05) is 5.32 Å². The number of carbonyl (C=O) groups excluding carboxylic acids is 4. The Morgan fingerprint density at radius 2 is 1.75 bits per heavy atom. The highest BCUT2D eigenvalue weighted by atomic mass is 16.2. The standard InChI is InChI=1S/C24H24N4O4/c1-13(14-7-3-2-4-8-14)28-21(30)19-17(11-12-18(25)29)27-24(20(19)22(28)31)15-9-5-6-10-16(15)26-23(24)32/h2-10,13,17,19-20,27H,11-12H2,1H3,(H2,25,29)(H,26,32)/t13-,17+,19-,20+,24+/m1/s1. The summed E-state index contributed by atoms with van der Waals surface area (Å²) < 4.78 is 0. The highest BCUT2D eigenvalue weighted by Gasteiger charge is 2.70. The van der Waals surface area contributed by atoms with Gasteiger partial charge in [0.15, 0.2) is 0 Å². The summed E-state index contributed by atoms with van der Waals surface area (Å²) in [5.41, 5.74) is 6.11. The zero-order chi connectivity index (χ0) is 22.6. The lowest BCUT2D eigenvalue weighted by Gasteiger charge is -2.31. The predicted molar refractivity (Wildman–Crippen MR) is 116 cm³/mol. The van der Waals surface area contributed by atoms with Crippen LogP contribution in [-0.4, -0.2) is 34.6 Å². The molecule has 5 atom stereocenters. The van der Waals surface area contributed by atoms with E-state index >= 15 is 0 Å². The molecule has 0 unspecified atom stereocenters. The van der Waals surface area contributed by atoms with Gasteiger partial charge in [0.25, 0.3) is 0 Å². The summed E-state index contributed by atoms with van der Waals surface area (Å²) in [6.07, 6.45) is 0.316. The van der Waals surface area contributed by atoms with E-state index in [2.05, 4.69) is 10.6 Å². The average molecular weight is 432 g/mol. The minimum absolute atomic E-state index is 0.0515. The molecule has 3 aliphatic heterocycles. The maximum atomic E-state index is 13.8. The van der Waals surface area contributed by atoms with Crippen LogP contribution in [0.1, 0.15) is 36.9 Å². The first-order valence-corrected chi connectivity index (χ1v) is 10.7. The molecule has 5 rings (SSSR count). The third kappa shape index (κ3) is 2.72. The van der Waals surface area contributed by atoms with Gasteiger partial charge in [0.1, 0.15) is 5.54 Å². The van der Waals surface area contributed by atoms with Crippen LogP contribution in [0.2, 0.25) is 0 Å². The first-order chi connectivity index (χ1) is 15.4. The van der Waals surface area contributed by atoms with Crippen LogP contribution in [0.25, 0.3) is 0 Å². The third-order valence-electron chi connectivity index (χ3n) is 7.03. The number of imide groups is 1. The van der Waals surface area contributed by atoms with E-state index in [0.717, 1.165) is 5.56 Å². The van der Waals surface area contributed by atoms with Crippen molar-refractivity contribution in [3.8, 4) is 0 Å². The van der Waals surface area contributed by atoms with Gasteiger partial charge in [-0.2, -0.15) is 0 Å². The summed E-state index contributed by atoms with van der Waals surface area (Å²) in [5.74, 6) is -3.21. The molecular weight excluding hydrogens is 408 g/mol. The second-order valence-electron chi connectivity index (χ2n) is 8.70. The quantitative estimate of drug-likeness (QED) is 0.617. The Morgan fingerprint density at radius 3 is 2.47 bits per heavy atom. The molecular formula is C24H24N4O4. The van der Waals surface area contributed by atoms with Gasteiger partial charge in [-0.1, -0.05) is 48.5 Å². The molecule has 0 saturated carbocycles. The molecule has 2 fully saturated rings. The molecule has 8 nitrogen and oxygen atoms in total. The largest absolute Gasteiger partial charge is 0.370 e. The van der Waals surface area contributed by atoms with Crippen LogP contribution in [0.5, 0.6) is 0 Å². The van der Waals surface area contributed by atoms with E-state index in [-0.39, 0.29) is 30.6 Å². The van der Waals surface area contributed by atoms with Crippen molar-refractivity contribution in [1.29, 1.82) is 0 Å². The molecule has 164 valence electrons. The molecule has 0 bridgehead atoms.